The zero-order chi connectivity index (χ0) is 8.10. The summed E-state index contributed by atoms with van der Waals surface area (Å²) in [6.45, 7) is 1.99. The highest BCUT2D eigenvalue weighted by Crippen LogP contribution is 2.05. The molecule has 11 heavy (non-hydrogen) atoms. The molecule has 0 saturated heterocycles. The molecule has 58 valence electrons. The van der Waals surface area contributed by atoms with Gasteiger partial charge in [-0.05, 0) is 12.5 Å². The lowest BCUT2D eigenvalue weighted by Gasteiger charge is -1.84. The highest BCUT2D eigenvalue weighted by Gasteiger charge is 2.01. The molecule has 0 aromatic carbocycles. The van der Waals surface area contributed by atoms with E-state index < -0.39 is 0 Å². The van der Waals surface area contributed by atoms with E-state index in [1.54, 1.807) is 17.7 Å². The van der Waals surface area contributed by atoms with Crippen molar-refractivity contribution in [3.63, 3.8) is 0 Å². The fraction of sp³-hybridized carbons (Fsp3) is 0.250. The van der Waals surface area contributed by atoms with Crippen LogP contribution in [-0.4, -0.2) is 10.8 Å². The summed E-state index contributed by atoms with van der Waals surface area (Å²) in [5.74, 6) is 0.00171. The van der Waals surface area contributed by atoms with Crippen LogP contribution in [0.1, 0.15) is 23.1 Å². The molecule has 0 atom stereocenters. The first-order valence-electron chi connectivity index (χ1n) is 3.45. The molecule has 0 aliphatic heterocycles. The van der Waals surface area contributed by atoms with Crippen molar-refractivity contribution < 1.29 is 4.79 Å². The molecule has 2 nitrogen and oxygen atoms in total. The molecule has 1 heterocycles. The molecule has 0 N–H and O–H groups in total. The van der Waals surface area contributed by atoms with E-state index in [9.17, 15) is 4.79 Å². The quantitative estimate of drug-likeness (QED) is 0.510. The van der Waals surface area contributed by atoms with Gasteiger partial charge in [0.05, 0.1) is 0 Å². The van der Waals surface area contributed by atoms with E-state index in [1.165, 1.54) is 11.3 Å². The van der Waals surface area contributed by atoms with Crippen LogP contribution in [0.25, 0.3) is 0 Å². The van der Waals surface area contributed by atoms with E-state index in [0.29, 0.717) is 5.01 Å². The van der Waals surface area contributed by atoms with Crippen LogP contribution in [0.15, 0.2) is 23.7 Å². The summed E-state index contributed by atoms with van der Waals surface area (Å²) in [6.07, 6.45) is 5.93. The van der Waals surface area contributed by atoms with Gasteiger partial charge in [-0.1, -0.05) is 13.0 Å². The summed E-state index contributed by atoms with van der Waals surface area (Å²) in [6, 6.07) is 0. The highest BCUT2D eigenvalue weighted by atomic mass is 32.1. The maximum absolute atomic E-state index is 11.1. The molecule has 1 aromatic heterocycles. The number of allylic oxidation sites excluding steroid dienone is 2. The Morgan fingerprint density at radius 2 is 2.64 bits per heavy atom. The van der Waals surface area contributed by atoms with Gasteiger partial charge in [0.25, 0.3) is 0 Å². The Morgan fingerprint density at radius 3 is 3.18 bits per heavy atom. The van der Waals surface area contributed by atoms with Crippen molar-refractivity contribution in [3.8, 4) is 0 Å². The number of aromatic nitrogens is 1. The summed E-state index contributed by atoms with van der Waals surface area (Å²) in [7, 11) is 0. The maximum atomic E-state index is 11.1. The standard InChI is InChI=1S/C8H9NOS/c1-2-3-4-7(10)8-9-5-6-11-8/h3-6H,2H2,1H3/b4-3+. The summed E-state index contributed by atoms with van der Waals surface area (Å²) in [5.41, 5.74) is 0. The van der Waals surface area contributed by atoms with Crippen LogP contribution in [0, 0.1) is 0 Å². The Hall–Kier alpha value is -0.960. The van der Waals surface area contributed by atoms with Gasteiger partial charge in [0.2, 0.25) is 5.78 Å². The van der Waals surface area contributed by atoms with Gasteiger partial charge in [-0.3, -0.25) is 4.79 Å². The lowest BCUT2D eigenvalue weighted by molar-refractivity contribution is 0.104. The van der Waals surface area contributed by atoms with Crippen molar-refractivity contribution in [1.29, 1.82) is 0 Å². The van der Waals surface area contributed by atoms with Gasteiger partial charge in [-0.15, -0.1) is 11.3 Å². The predicted molar refractivity (Wildman–Crippen MR) is 45.9 cm³/mol. The normalized spacial score (nSPS) is 10.6. The van der Waals surface area contributed by atoms with E-state index in [0.717, 1.165) is 6.42 Å². The topological polar surface area (TPSA) is 30.0 Å². The second-order valence-electron chi connectivity index (χ2n) is 2.01. The van der Waals surface area contributed by atoms with Gasteiger partial charge in [0, 0.05) is 11.6 Å². The molecule has 0 radical (unpaired) electrons. The third-order valence-corrected chi connectivity index (χ3v) is 1.94. The monoisotopic (exact) mass is 167 g/mol. The van der Waals surface area contributed by atoms with E-state index in [2.05, 4.69) is 4.98 Å². The van der Waals surface area contributed by atoms with Crippen molar-refractivity contribution in [2.75, 3.05) is 0 Å². The first-order chi connectivity index (χ1) is 5.34. The fourth-order valence-corrected chi connectivity index (χ4v) is 1.20. The second-order valence-corrected chi connectivity index (χ2v) is 2.91. The molecule has 0 saturated carbocycles. The van der Waals surface area contributed by atoms with Gasteiger partial charge in [-0.2, -0.15) is 0 Å². The largest absolute Gasteiger partial charge is 0.287 e. The van der Waals surface area contributed by atoms with Crippen molar-refractivity contribution in [2.45, 2.75) is 13.3 Å². The first kappa shape index (κ1) is 8.14. The van der Waals surface area contributed by atoms with Crippen LogP contribution in [-0.2, 0) is 0 Å². The lowest BCUT2D eigenvalue weighted by atomic mass is 10.3. The van der Waals surface area contributed by atoms with Crippen LogP contribution in [0.3, 0.4) is 0 Å². The van der Waals surface area contributed by atoms with Crippen molar-refractivity contribution in [1.82, 2.24) is 4.98 Å². The SMILES string of the molecule is CC/C=C/C(=O)c1nccs1. The average molecular weight is 167 g/mol. The molecule has 0 amide bonds. The minimum atomic E-state index is 0.00171. The van der Waals surface area contributed by atoms with Crippen LogP contribution in [0.4, 0.5) is 0 Å². The average Bonchev–Trinajstić information content (AvgIpc) is 2.52. The van der Waals surface area contributed by atoms with Crippen molar-refractivity contribution >= 4 is 17.1 Å². The van der Waals surface area contributed by atoms with Gasteiger partial charge in [0.1, 0.15) is 0 Å². The number of hydrogen-bond acceptors (Lipinski definition) is 3. The molecule has 1 rings (SSSR count). The van der Waals surface area contributed by atoms with Crippen LogP contribution in [0.2, 0.25) is 0 Å². The Balaban J connectivity index is 2.64. The van der Waals surface area contributed by atoms with Gasteiger partial charge in [0.15, 0.2) is 5.01 Å². The third-order valence-electron chi connectivity index (χ3n) is 1.15. The van der Waals surface area contributed by atoms with Crippen LogP contribution >= 0.6 is 11.3 Å². The molecule has 0 aliphatic carbocycles. The minimum Gasteiger partial charge on any atom is -0.287 e. The highest BCUT2D eigenvalue weighted by molar-refractivity contribution is 7.11. The second kappa shape index (κ2) is 4.03. The van der Waals surface area contributed by atoms with E-state index >= 15 is 0 Å². The molecular formula is C8H9NOS. The Morgan fingerprint density at radius 1 is 1.82 bits per heavy atom. The minimum absolute atomic E-state index is 0.00171. The van der Waals surface area contributed by atoms with Crippen LogP contribution < -0.4 is 0 Å². The predicted octanol–water partition coefficient (Wildman–Crippen LogP) is 2.29. The zero-order valence-corrected chi connectivity index (χ0v) is 7.10. The van der Waals surface area contributed by atoms with E-state index in [4.69, 9.17) is 0 Å². The molecule has 0 unspecified atom stereocenters. The third kappa shape index (κ3) is 2.27. The Kier molecular flexibility index (Phi) is 2.98. The van der Waals surface area contributed by atoms with Crippen molar-refractivity contribution in [2.24, 2.45) is 0 Å². The summed E-state index contributed by atoms with van der Waals surface area (Å²) < 4.78 is 0. The lowest BCUT2D eigenvalue weighted by Crippen LogP contribution is -1.91. The number of carbonyl (C=O) groups excluding carboxylic acids is 1. The summed E-state index contributed by atoms with van der Waals surface area (Å²) in [5, 5.41) is 2.36. The molecule has 3 heteroatoms. The number of carbonyl (C=O) groups is 1. The molecule has 0 fully saturated rings. The van der Waals surface area contributed by atoms with Crippen molar-refractivity contribution in [3.05, 3.63) is 28.7 Å². The fourth-order valence-electron chi connectivity index (χ4n) is 0.641. The number of rotatable bonds is 3. The number of ketones is 1. The van der Waals surface area contributed by atoms with E-state index in [1.807, 2.05) is 13.0 Å². The molecular weight excluding hydrogens is 158 g/mol. The zero-order valence-electron chi connectivity index (χ0n) is 6.28. The maximum Gasteiger partial charge on any atom is 0.214 e. The first-order valence-corrected chi connectivity index (χ1v) is 4.33. The number of nitrogens with zero attached hydrogens (tertiary/aromatic N) is 1. The van der Waals surface area contributed by atoms with E-state index in [-0.39, 0.29) is 5.78 Å². The Labute approximate surface area is 69.6 Å². The van der Waals surface area contributed by atoms with Gasteiger partial charge < -0.3 is 0 Å². The van der Waals surface area contributed by atoms with Gasteiger partial charge in [-0.25, -0.2) is 4.98 Å². The molecule has 0 bridgehead atoms. The number of hydrogen-bond donors (Lipinski definition) is 0. The summed E-state index contributed by atoms with van der Waals surface area (Å²) >= 11 is 1.37. The summed E-state index contributed by atoms with van der Waals surface area (Å²) in [4.78, 5) is 15.0. The smallest absolute Gasteiger partial charge is 0.214 e. The number of thiazole rings is 1. The molecule has 0 spiro atoms. The molecule has 1 aromatic rings. The van der Waals surface area contributed by atoms with Crippen LogP contribution in [0.5, 0.6) is 0 Å². The molecule has 0 aliphatic rings. The van der Waals surface area contributed by atoms with Gasteiger partial charge >= 0.3 is 0 Å². The Bertz CT molecular complexity index is 251.